The molecule has 8 nitrogen and oxygen atoms in total. The fourth-order valence-corrected chi connectivity index (χ4v) is 1.72. The van der Waals surface area contributed by atoms with Crippen LogP contribution in [0.4, 0.5) is 0 Å². The Morgan fingerprint density at radius 2 is 1.12 bits per heavy atom. The molecule has 0 aliphatic rings. The first-order valence-corrected chi connectivity index (χ1v) is 6.54. The molecule has 0 fully saturated rings. The highest BCUT2D eigenvalue weighted by Crippen LogP contribution is 2.20. The van der Waals surface area contributed by atoms with Crippen LogP contribution in [0.1, 0.15) is 41.4 Å². The van der Waals surface area contributed by atoms with Gasteiger partial charge in [0, 0.05) is 0 Å². The summed E-state index contributed by atoms with van der Waals surface area (Å²) in [5, 5.41) is 18.4. The molecule has 0 radical (unpaired) electrons. The molecule has 8 heteroatoms. The summed E-state index contributed by atoms with van der Waals surface area (Å²) in [6.45, 7) is 6.30. The van der Waals surface area contributed by atoms with Gasteiger partial charge in [-0.05, 0) is 12.1 Å². The second-order valence-electron chi connectivity index (χ2n) is 4.33. The molecule has 24 heavy (non-hydrogen) atoms. The lowest BCUT2D eigenvalue weighted by Crippen LogP contribution is -2.18. The van der Waals surface area contributed by atoms with Crippen molar-refractivity contribution in [1.29, 1.82) is 0 Å². The van der Waals surface area contributed by atoms with E-state index < -0.39 is 46.1 Å². The van der Waals surface area contributed by atoms with E-state index >= 15 is 0 Å². The normalized spacial score (nSPS) is 9.67. The maximum atomic E-state index is 11.9. The van der Waals surface area contributed by atoms with Gasteiger partial charge in [0.2, 0.25) is 0 Å². The Balaban J connectivity index is 3.49. The van der Waals surface area contributed by atoms with Crippen LogP contribution in [0.15, 0.2) is 37.4 Å². The van der Waals surface area contributed by atoms with Crippen molar-refractivity contribution in [3.63, 3.8) is 0 Å². The van der Waals surface area contributed by atoms with Crippen LogP contribution in [-0.4, -0.2) is 47.3 Å². The number of carbonyl (C=O) groups is 4. The zero-order valence-corrected chi connectivity index (χ0v) is 12.5. The van der Waals surface area contributed by atoms with Gasteiger partial charge in [0.1, 0.15) is 13.2 Å². The molecule has 1 rings (SSSR count). The summed E-state index contributed by atoms with van der Waals surface area (Å²) in [7, 11) is 0. The lowest BCUT2D eigenvalue weighted by molar-refractivity contribution is 0.0522. The van der Waals surface area contributed by atoms with Gasteiger partial charge in [-0.1, -0.05) is 25.3 Å². The number of benzene rings is 1. The summed E-state index contributed by atoms with van der Waals surface area (Å²) in [4.78, 5) is 46.5. The number of hydrogen-bond donors (Lipinski definition) is 2. The highest BCUT2D eigenvalue weighted by Gasteiger charge is 2.26. The average Bonchev–Trinajstić information content (AvgIpc) is 2.55. The third-order valence-corrected chi connectivity index (χ3v) is 2.72. The third-order valence-electron chi connectivity index (χ3n) is 2.72. The predicted molar refractivity (Wildman–Crippen MR) is 81.3 cm³/mol. The van der Waals surface area contributed by atoms with Crippen molar-refractivity contribution in [2.75, 3.05) is 13.2 Å². The molecule has 0 saturated heterocycles. The summed E-state index contributed by atoms with van der Waals surface area (Å²) in [6, 6.07) is 1.53. The van der Waals surface area contributed by atoms with Crippen molar-refractivity contribution in [1.82, 2.24) is 0 Å². The zero-order chi connectivity index (χ0) is 18.3. The fraction of sp³-hybridized carbons (Fsp3) is 0.125. The summed E-state index contributed by atoms with van der Waals surface area (Å²) < 4.78 is 9.45. The smallest absolute Gasteiger partial charge is 0.339 e. The Hall–Kier alpha value is -3.42. The molecular formula is C16H14O8. The van der Waals surface area contributed by atoms with Crippen molar-refractivity contribution in [3.8, 4) is 0 Å². The van der Waals surface area contributed by atoms with Gasteiger partial charge in [-0.2, -0.15) is 0 Å². The summed E-state index contributed by atoms with van der Waals surface area (Å²) in [6.07, 6.45) is 2.52. The molecule has 0 aromatic heterocycles. The Morgan fingerprint density at radius 1 is 0.792 bits per heavy atom. The zero-order valence-electron chi connectivity index (χ0n) is 12.5. The second kappa shape index (κ2) is 8.28. The van der Waals surface area contributed by atoms with E-state index in [1.54, 1.807) is 0 Å². The Morgan fingerprint density at radius 3 is 1.38 bits per heavy atom. The lowest BCUT2D eigenvalue weighted by Gasteiger charge is -2.11. The van der Waals surface area contributed by atoms with Crippen molar-refractivity contribution in [3.05, 3.63) is 59.7 Å². The third kappa shape index (κ3) is 4.29. The van der Waals surface area contributed by atoms with Gasteiger partial charge in [-0.15, -0.1) is 0 Å². The molecule has 0 bridgehead atoms. The van der Waals surface area contributed by atoms with Crippen LogP contribution in [0.5, 0.6) is 0 Å². The lowest BCUT2D eigenvalue weighted by atomic mass is 9.98. The van der Waals surface area contributed by atoms with Gasteiger partial charge in [0.25, 0.3) is 0 Å². The molecule has 0 aliphatic carbocycles. The van der Waals surface area contributed by atoms with Gasteiger partial charge in [0.05, 0.1) is 22.3 Å². The quantitative estimate of drug-likeness (QED) is 0.544. The van der Waals surface area contributed by atoms with E-state index in [9.17, 15) is 29.4 Å². The number of carbonyl (C=O) groups excluding carboxylic acids is 2. The van der Waals surface area contributed by atoms with E-state index in [1.165, 1.54) is 12.2 Å². The Bertz CT molecular complexity index is 655. The van der Waals surface area contributed by atoms with Crippen molar-refractivity contribution >= 4 is 23.9 Å². The monoisotopic (exact) mass is 334 g/mol. The van der Waals surface area contributed by atoms with Gasteiger partial charge in [-0.25, -0.2) is 19.2 Å². The maximum Gasteiger partial charge on any atom is 0.339 e. The van der Waals surface area contributed by atoms with Crippen molar-refractivity contribution < 1.29 is 38.9 Å². The van der Waals surface area contributed by atoms with E-state index in [0.29, 0.717) is 0 Å². The molecule has 0 amide bonds. The first-order chi connectivity index (χ1) is 11.3. The van der Waals surface area contributed by atoms with Crippen LogP contribution in [0.3, 0.4) is 0 Å². The fourth-order valence-electron chi connectivity index (χ4n) is 1.72. The van der Waals surface area contributed by atoms with Crippen LogP contribution in [0.25, 0.3) is 0 Å². The first-order valence-electron chi connectivity index (χ1n) is 6.54. The molecule has 0 saturated carbocycles. The molecule has 0 spiro atoms. The van der Waals surface area contributed by atoms with E-state index in [4.69, 9.17) is 9.47 Å². The van der Waals surface area contributed by atoms with E-state index in [1.807, 2.05) is 0 Å². The van der Waals surface area contributed by atoms with E-state index in [0.717, 1.165) is 12.1 Å². The summed E-state index contributed by atoms with van der Waals surface area (Å²) in [5.41, 5.74) is -2.16. The molecule has 2 N–H and O–H groups in total. The highest BCUT2D eigenvalue weighted by atomic mass is 16.5. The molecule has 1 aromatic carbocycles. The number of esters is 2. The summed E-state index contributed by atoms with van der Waals surface area (Å²) >= 11 is 0. The average molecular weight is 334 g/mol. The number of carboxylic acids is 2. The van der Waals surface area contributed by atoms with Crippen LogP contribution < -0.4 is 0 Å². The molecule has 0 atom stereocenters. The Kier molecular flexibility index (Phi) is 6.42. The van der Waals surface area contributed by atoms with Crippen molar-refractivity contribution in [2.24, 2.45) is 0 Å². The highest BCUT2D eigenvalue weighted by molar-refractivity contribution is 6.09. The molecular weight excluding hydrogens is 320 g/mol. The number of rotatable bonds is 8. The number of ether oxygens (including phenoxy) is 2. The molecule has 126 valence electrons. The summed E-state index contributed by atoms with van der Waals surface area (Å²) in [5.74, 6) is -5.17. The maximum absolute atomic E-state index is 11.9. The predicted octanol–water partition coefficient (Wildman–Crippen LogP) is 1.77. The Labute approximate surface area is 136 Å². The van der Waals surface area contributed by atoms with Gasteiger partial charge in [0.15, 0.2) is 0 Å². The molecule has 0 aliphatic heterocycles. The number of carboxylic acid groups (broad SMARTS) is 2. The number of hydrogen-bond acceptors (Lipinski definition) is 6. The van der Waals surface area contributed by atoms with E-state index in [2.05, 4.69) is 13.2 Å². The van der Waals surface area contributed by atoms with E-state index in [-0.39, 0.29) is 13.2 Å². The van der Waals surface area contributed by atoms with Gasteiger partial charge >= 0.3 is 23.9 Å². The SMILES string of the molecule is C=CCOC(=O)c1cc(C(=O)O)c(C(=O)OCC=C)cc1C(=O)O. The van der Waals surface area contributed by atoms with Gasteiger partial charge in [-0.3, -0.25) is 0 Å². The molecule has 0 heterocycles. The van der Waals surface area contributed by atoms with Crippen LogP contribution in [-0.2, 0) is 9.47 Å². The minimum Gasteiger partial charge on any atom is -0.478 e. The van der Waals surface area contributed by atoms with Crippen molar-refractivity contribution in [2.45, 2.75) is 0 Å². The number of aromatic carboxylic acids is 2. The molecule has 1 aromatic rings. The van der Waals surface area contributed by atoms with Crippen LogP contribution in [0, 0.1) is 0 Å². The topological polar surface area (TPSA) is 127 Å². The molecule has 0 unspecified atom stereocenters. The van der Waals surface area contributed by atoms with Crippen LogP contribution in [0.2, 0.25) is 0 Å². The first kappa shape index (κ1) is 18.6. The largest absolute Gasteiger partial charge is 0.478 e. The van der Waals surface area contributed by atoms with Crippen LogP contribution >= 0.6 is 0 Å². The minimum absolute atomic E-state index is 0.191. The standard InChI is InChI=1S/C16H14O8/c1-3-5-23-15(21)11-7-10(14(19)20)12(8-9(11)13(17)18)16(22)24-6-4-2/h3-4,7-8H,1-2,5-6H2,(H,17,18)(H,19,20). The second-order valence-corrected chi connectivity index (χ2v) is 4.33. The minimum atomic E-state index is -1.53. The van der Waals surface area contributed by atoms with Gasteiger partial charge < -0.3 is 19.7 Å².